The Morgan fingerprint density at radius 2 is 2.36 bits per heavy atom. The highest BCUT2D eigenvalue weighted by Gasteiger charge is 2.30. The Hall–Kier alpha value is -0.370. The second-order valence-corrected chi connectivity index (χ2v) is 3.51. The Balaban J connectivity index is 2.48. The molecule has 0 spiro atoms. The van der Waals surface area contributed by atoms with E-state index < -0.39 is 0 Å². The minimum atomic E-state index is -0.149. The molecule has 1 heterocycles. The van der Waals surface area contributed by atoms with Gasteiger partial charge in [0.25, 0.3) is 0 Å². The Morgan fingerprint density at radius 3 is 2.91 bits per heavy atom. The molecule has 64 valence electrons. The van der Waals surface area contributed by atoms with Crippen molar-refractivity contribution < 1.29 is 9.53 Å². The first-order chi connectivity index (χ1) is 5.16. The summed E-state index contributed by atoms with van der Waals surface area (Å²) in [5.41, 5.74) is -0.149. The Bertz CT molecular complexity index is 150. The summed E-state index contributed by atoms with van der Waals surface area (Å²) in [6, 6.07) is 0. The summed E-state index contributed by atoms with van der Waals surface area (Å²) < 4.78 is 5.56. The molecule has 2 nitrogen and oxygen atoms in total. The summed E-state index contributed by atoms with van der Waals surface area (Å²) in [4.78, 5) is 11.1. The van der Waals surface area contributed by atoms with Gasteiger partial charge in [-0.25, -0.2) is 0 Å². The van der Waals surface area contributed by atoms with E-state index in [0.29, 0.717) is 25.2 Å². The van der Waals surface area contributed by atoms with Crippen LogP contribution in [0.4, 0.5) is 0 Å². The van der Waals surface area contributed by atoms with Crippen molar-refractivity contribution in [2.24, 2.45) is 0 Å². The zero-order valence-electron chi connectivity index (χ0n) is 7.35. The molecule has 0 radical (unpaired) electrons. The van der Waals surface area contributed by atoms with Gasteiger partial charge in [0.1, 0.15) is 5.78 Å². The lowest BCUT2D eigenvalue weighted by molar-refractivity contribution is -0.138. The van der Waals surface area contributed by atoms with Crippen LogP contribution in [0.2, 0.25) is 0 Å². The van der Waals surface area contributed by atoms with Crippen molar-refractivity contribution in [3.63, 3.8) is 0 Å². The van der Waals surface area contributed by atoms with Gasteiger partial charge in [0, 0.05) is 12.8 Å². The summed E-state index contributed by atoms with van der Waals surface area (Å²) >= 11 is 0. The molecule has 0 saturated carbocycles. The topological polar surface area (TPSA) is 26.3 Å². The average molecular weight is 156 g/mol. The number of rotatable bonds is 2. The smallest absolute Gasteiger partial charge is 0.138 e. The fourth-order valence-corrected chi connectivity index (χ4v) is 1.66. The van der Waals surface area contributed by atoms with Crippen molar-refractivity contribution in [1.82, 2.24) is 0 Å². The van der Waals surface area contributed by atoms with E-state index in [0.717, 1.165) is 12.8 Å². The number of ketones is 1. The van der Waals surface area contributed by atoms with Gasteiger partial charge < -0.3 is 4.74 Å². The number of hydrogen-bond acceptors (Lipinski definition) is 2. The van der Waals surface area contributed by atoms with Crippen molar-refractivity contribution >= 4 is 5.78 Å². The summed E-state index contributed by atoms with van der Waals surface area (Å²) in [7, 11) is 0. The summed E-state index contributed by atoms with van der Waals surface area (Å²) in [5, 5.41) is 0. The van der Waals surface area contributed by atoms with Crippen LogP contribution in [0.25, 0.3) is 0 Å². The monoisotopic (exact) mass is 156 g/mol. The lowest BCUT2D eigenvalue weighted by Gasteiger charge is -2.32. The fourth-order valence-electron chi connectivity index (χ4n) is 1.66. The van der Waals surface area contributed by atoms with E-state index in [-0.39, 0.29) is 5.60 Å². The standard InChI is InChI=1S/C9H16O2/c1-3-5-9(2)7-8(10)4-6-11-9/h3-7H2,1-2H3. The van der Waals surface area contributed by atoms with Gasteiger partial charge in [0.15, 0.2) is 0 Å². The second kappa shape index (κ2) is 3.35. The Labute approximate surface area is 67.9 Å². The zero-order chi connectivity index (χ0) is 8.32. The van der Waals surface area contributed by atoms with Gasteiger partial charge in [-0.15, -0.1) is 0 Å². The van der Waals surface area contributed by atoms with Crippen LogP contribution >= 0.6 is 0 Å². The quantitative estimate of drug-likeness (QED) is 0.610. The van der Waals surface area contributed by atoms with Crippen LogP contribution in [0, 0.1) is 0 Å². The maximum Gasteiger partial charge on any atom is 0.138 e. The zero-order valence-corrected chi connectivity index (χ0v) is 7.35. The molecule has 0 aromatic carbocycles. The number of Topliss-reactive ketones (excluding diaryl/α,β-unsaturated/α-hetero) is 1. The molecule has 1 rings (SSSR count). The van der Waals surface area contributed by atoms with Crippen LogP contribution in [0.5, 0.6) is 0 Å². The summed E-state index contributed by atoms with van der Waals surface area (Å²) in [5.74, 6) is 0.354. The number of hydrogen-bond donors (Lipinski definition) is 0. The van der Waals surface area contributed by atoms with Gasteiger partial charge in [-0.2, -0.15) is 0 Å². The van der Waals surface area contributed by atoms with Crippen molar-refractivity contribution in [2.75, 3.05) is 6.61 Å². The highest BCUT2D eigenvalue weighted by molar-refractivity contribution is 5.80. The van der Waals surface area contributed by atoms with Gasteiger partial charge in [0.2, 0.25) is 0 Å². The molecule has 0 aliphatic carbocycles. The van der Waals surface area contributed by atoms with Gasteiger partial charge >= 0.3 is 0 Å². The van der Waals surface area contributed by atoms with Crippen LogP contribution in [-0.4, -0.2) is 18.0 Å². The maximum absolute atomic E-state index is 11.1. The first-order valence-electron chi connectivity index (χ1n) is 4.32. The van der Waals surface area contributed by atoms with Gasteiger partial charge in [0.05, 0.1) is 12.2 Å². The number of ether oxygens (including phenoxy) is 1. The number of carbonyl (C=O) groups is 1. The third-order valence-electron chi connectivity index (χ3n) is 2.18. The van der Waals surface area contributed by atoms with Crippen LogP contribution in [0.15, 0.2) is 0 Å². The predicted octanol–water partition coefficient (Wildman–Crippen LogP) is 1.92. The van der Waals surface area contributed by atoms with Crippen LogP contribution in [0.1, 0.15) is 39.5 Å². The van der Waals surface area contributed by atoms with Gasteiger partial charge in [-0.3, -0.25) is 4.79 Å². The average Bonchev–Trinajstić information content (AvgIpc) is 1.86. The Kier molecular flexibility index (Phi) is 2.66. The molecule has 1 aliphatic heterocycles. The highest BCUT2D eigenvalue weighted by atomic mass is 16.5. The predicted molar refractivity (Wildman–Crippen MR) is 43.5 cm³/mol. The molecule has 11 heavy (non-hydrogen) atoms. The highest BCUT2D eigenvalue weighted by Crippen LogP contribution is 2.26. The van der Waals surface area contributed by atoms with E-state index in [4.69, 9.17) is 4.74 Å². The molecule has 0 amide bonds. The van der Waals surface area contributed by atoms with Crippen molar-refractivity contribution in [2.45, 2.75) is 45.1 Å². The van der Waals surface area contributed by atoms with Crippen molar-refractivity contribution in [3.8, 4) is 0 Å². The van der Waals surface area contributed by atoms with Crippen molar-refractivity contribution in [3.05, 3.63) is 0 Å². The molecular formula is C9H16O2. The lowest BCUT2D eigenvalue weighted by Crippen LogP contribution is -2.36. The molecule has 1 atom stereocenters. The SMILES string of the molecule is CCCC1(C)CC(=O)CCO1. The van der Waals surface area contributed by atoms with Crippen LogP contribution in [-0.2, 0) is 9.53 Å². The first kappa shape index (κ1) is 8.72. The van der Waals surface area contributed by atoms with E-state index in [2.05, 4.69) is 6.92 Å². The molecule has 0 aromatic rings. The van der Waals surface area contributed by atoms with Crippen LogP contribution < -0.4 is 0 Å². The van der Waals surface area contributed by atoms with Gasteiger partial charge in [-0.1, -0.05) is 13.3 Å². The second-order valence-electron chi connectivity index (χ2n) is 3.51. The third-order valence-corrected chi connectivity index (χ3v) is 2.18. The summed E-state index contributed by atoms with van der Waals surface area (Å²) in [6.45, 7) is 4.77. The molecule has 1 fully saturated rings. The molecule has 1 unspecified atom stereocenters. The first-order valence-corrected chi connectivity index (χ1v) is 4.32. The largest absolute Gasteiger partial charge is 0.374 e. The Morgan fingerprint density at radius 1 is 1.64 bits per heavy atom. The minimum Gasteiger partial charge on any atom is -0.374 e. The summed E-state index contributed by atoms with van der Waals surface area (Å²) in [6.07, 6.45) is 3.31. The normalized spacial score (nSPS) is 32.4. The molecule has 0 N–H and O–H groups in total. The molecular weight excluding hydrogens is 140 g/mol. The number of carbonyl (C=O) groups excluding carboxylic acids is 1. The maximum atomic E-state index is 11.1. The van der Waals surface area contributed by atoms with E-state index in [9.17, 15) is 4.79 Å². The lowest BCUT2D eigenvalue weighted by atomic mass is 9.91. The third kappa shape index (κ3) is 2.29. The van der Waals surface area contributed by atoms with Gasteiger partial charge in [-0.05, 0) is 13.3 Å². The van der Waals surface area contributed by atoms with Crippen LogP contribution in [0.3, 0.4) is 0 Å². The molecule has 0 bridgehead atoms. The molecule has 0 aromatic heterocycles. The molecule has 2 heteroatoms. The fraction of sp³-hybridized carbons (Fsp3) is 0.889. The van der Waals surface area contributed by atoms with E-state index >= 15 is 0 Å². The molecule has 1 saturated heterocycles. The van der Waals surface area contributed by atoms with E-state index in [1.165, 1.54) is 0 Å². The van der Waals surface area contributed by atoms with Crippen molar-refractivity contribution in [1.29, 1.82) is 0 Å². The molecule has 1 aliphatic rings. The van der Waals surface area contributed by atoms with E-state index in [1.54, 1.807) is 0 Å². The van der Waals surface area contributed by atoms with E-state index in [1.807, 2.05) is 6.92 Å². The minimum absolute atomic E-state index is 0.149.